The molecular formula is C15H31NO. The highest BCUT2D eigenvalue weighted by Crippen LogP contribution is 2.36. The minimum Gasteiger partial charge on any atom is -0.385 e. The van der Waals surface area contributed by atoms with Gasteiger partial charge in [-0.1, -0.05) is 33.6 Å². The van der Waals surface area contributed by atoms with Gasteiger partial charge in [-0.15, -0.1) is 0 Å². The quantitative estimate of drug-likeness (QED) is 0.737. The second-order valence-electron chi connectivity index (χ2n) is 6.03. The molecule has 0 saturated heterocycles. The summed E-state index contributed by atoms with van der Waals surface area (Å²) in [7, 11) is 1.81. The Hall–Kier alpha value is -0.0800. The molecule has 1 aliphatic rings. The first-order chi connectivity index (χ1) is 8.15. The lowest BCUT2D eigenvalue weighted by molar-refractivity contribution is 0.120. The van der Waals surface area contributed by atoms with Crippen molar-refractivity contribution in [2.45, 2.75) is 58.9 Å². The summed E-state index contributed by atoms with van der Waals surface area (Å²) in [6.45, 7) is 9.03. The molecule has 0 heterocycles. The molecule has 0 aromatic rings. The maximum Gasteiger partial charge on any atom is 0.0464 e. The van der Waals surface area contributed by atoms with Crippen molar-refractivity contribution < 1.29 is 4.74 Å². The Labute approximate surface area is 108 Å². The molecule has 1 fully saturated rings. The third-order valence-corrected chi connectivity index (χ3v) is 4.26. The summed E-state index contributed by atoms with van der Waals surface area (Å²) in [5, 5.41) is 3.62. The molecule has 2 heteroatoms. The number of methoxy groups -OCH3 is 1. The van der Waals surface area contributed by atoms with E-state index in [0.717, 1.165) is 24.4 Å². The molecule has 1 N–H and O–H groups in total. The van der Waals surface area contributed by atoms with Gasteiger partial charge in [-0.2, -0.15) is 0 Å². The third-order valence-electron chi connectivity index (χ3n) is 4.26. The first kappa shape index (κ1) is 15.0. The zero-order valence-corrected chi connectivity index (χ0v) is 12.2. The second-order valence-corrected chi connectivity index (χ2v) is 6.03. The fourth-order valence-corrected chi connectivity index (χ4v) is 3.14. The molecule has 1 aliphatic carbocycles. The van der Waals surface area contributed by atoms with Gasteiger partial charge in [0.15, 0.2) is 0 Å². The molecule has 1 rings (SSSR count). The highest BCUT2D eigenvalue weighted by Gasteiger charge is 2.28. The maximum absolute atomic E-state index is 5.22. The van der Waals surface area contributed by atoms with E-state index < -0.39 is 0 Å². The van der Waals surface area contributed by atoms with Gasteiger partial charge in [-0.25, -0.2) is 0 Å². The Morgan fingerprint density at radius 2 is 1.88 bits per heavy atom. The number of nitrogens with one attached hydrogen (secondary N) is 1. The summed E-state index contributed by atoms with van der Waals surface area (Å²) in [5.41, 5.74) is 0. The summed E-state index contributed by atoms with van der Waals surface area (Å²) in [5.74, 6) is 2.61. The van der Waals surface area contributed by atoms with Gasteiger partial charge in [0, 0.05) is 19.8 Å². The fraction of sp³-hybridized carbons (Fsp3) is 1.00. The molecule has 0 aliphatic heterocycles. The van der Waals surface area contributed by atoms with Gasteiger partial charge in [0.2, 0.25) is 0 Å². The van der Waals surface area contributed by atoms with E-state index in [1.807, 2.05) is 7.11 Å². The largest absolute Gasteiger partial charge is 0.385 e. The van der Waals surface area contributed by atoms with E-state index >= 15 is 0 Å². The summed E-state index contributed by atoms with van der Waals surface area (Å²) in [6, 6.07) is 0.617. The van der Waals surface area contributed by atoms with E-state index in [-0.39, 0.29) is 0 Å². The molecule has 2 nitrogen and oxygen atoms in total. The Bertz CT molecular complexity index is 193. The molecule has 102 valence electrons. The predicted molar refractivity (Wildman–Crippen MR) is 74.2 cm³/mol. The van der Waals surface area contributed by atoms with Crippen LogP contribution in [0.2, 0.25) is 0 Å². The number of ether oxygens (including phenoxy) is 1. The molecule has 0 aromatic heterocycles. The van der Waals surface area contributed by atoms with E-state index in [0.29, 0.717) is 6.04 Å². The van der Waals surface area contributed by atoms with Crippen molar-refractivity contribution in [1.82, 2.24) is 5.32 Å². The van der Waals surface area contributed by atoms with Crippen molar-refractivity contribution in [2.75, 3.05) is 20.3 Å². The van der Waals surface area contributed by atoms with E-state index in [4.69, 9.17) is 4.74 Å². The van der Waals surface area contributed by atoms with Gasteiger partial charge >= 0.3 is 0 Å². The molecule has 1 saturated carbocycles. The lowest BCUT2D eigenvalue weighted by Crippen LogP contribution is -2.36. The van der Waals surface area contributed by atoms with Crippen LogP contribution >= 0.6 is 0 Å². The Morgan fingerprint density at radius 3 is 2.53 bits per heavy atom. The van der Waals surface area contributed by atoms with E-state index in [1.165, 1.54) is 38.6 Å². The number of hydrogen-bond acceptors (Lipinski definition) is 2. The van der Waals surface area contributed by atoms with E-state index in [1.54, 1.807) is 0 Å². The average molecular weight is 241 g/mol. The highest BCUT2D eigenvalue weighted by molar-refractivity contribution is 4.81. The van der Waals surface area contributed by atoms with Crippen LogP contribution in [0, 0.1) is 17.8 Å². The zero-order chi connectivity index (χ0) is 12.7. The van der Waals surface area contributed by atoms with Crippen LogP contribution in [-0.4, -0.2) is 26.3 Å². The zero-order valence-electron chi connectivity index (χ0n) is 12.2. The van der Waals surface area contributed by atoms with Crippen molar-refractivity contribution >= 4 is 0 Å². The lowest BCUT2D eigenvalue weighted by atomic mass is 9.72. The minimum atomic E-state index is 0.617. The van der Waals surface area contributed by atoms with Crippen LogP contribution in [-0.2, 0) is 4.74 Å². The number of hydrogen-bond donors (Lipinski definition) is 1. The molecule has 0 radical (unpaired) electrons. The normalized spacial score (nSPS) is 27.4. The number of rotatable bonds is 7. The van der Waals surface area contributed by atoms with Crippen LogP contribution in [0.25, 0.3) is 0 Å². The van der Waals surface area contributed by atoms with Gasteiger partial charge in [-0.05, 0) is 43.6 Å². The van der Waals surface area contributed by atoms with Crippen molar-refractivity contribution in [3.63, 3.8) is 0 Å². The minimum absolute atomic E-state index is 0.617. The van der Waals surface area contributed by atoms with E-state index in [9.17, 15) is 0 Å². The molecule has 3 unspecified atom stereocenters. The predicted octanol–water partition coefficient (Wildman–Crippen LogP) is 3.46. The lowest BCUT2D eigenvalue weighted by Gasteiger charge is -2.36. The van der Waals surface area contributed by atoms with Crippen molar-refractivity contribution in [3.8, 4) is 0 Å². The van der Waals surface area contributed by atoms with Gasteiger partial charge in [-0.3, -0.25) is 0 Å². The van der Waals surface area contributed by atoms with Gasteiger partial charge < -0.3 is 10.1 Å². The first-order valence-corrected chi connectivity index (χ1v) is 7.37. The fourth-order valence-electron chi connectivity index (χ4n) is 3.14. The van der Waals surface area contributed by atoms with Crippen LogP contribution in [0.1, 0.15) is 52.9 Å². The van der Waals surface area contributed by atoms with Crippen LogP contribution in [0.3, 0.4) is 0 Å². The van der Waals surface area contributed by atoms with Crippen molar-refractivity contribution in [3.05, 3.63) is 0 Å². The standard InChI is InChI=1S/C15H31NO/c1-12(2)16-11-14-7-5-6-8-15(14)13(3)9-10-17-4/h12-16H,5-11H2,1-4H3. The molecule has 0 aromatic carbocycles. The Balaban J connectivity index is 2.41. The molecule has 17 heavy (non-hydrogen) atoms. The van der Waals surface area contributed by atoms with Gasteiger partial charge in [0.1, 0.15) is 0 Å². The topological polar surface area (TPSA) is 21.3 Å². The van der Waals surface area contributed by atoms with Gasteiger partial charge in [0.05, 0.1) is 0 Å². The third kappa shape index (κ3) is 5.39. The van der Waals surface area contributed by atoms with Crippen LogP contribution in [0.15, 0.2) is 0 Å². The molecule has 0 amide bonds. The monoisotopic (exact) mass is 241 g/mol. The Morgan fingerprint density at radius 1 is 1.18 bits per heavy atom. The van der Waals surface area contributed by atoms with Gasteiger partial charge in [0.25, 0.3) is 0 Å². The van der Waals surface area contributed by atoms with Crippen LogP contribution < -0.4 is 5.32 Å². The van der Waals surface area contributed by atoms with E-state index in [2.05, 4.69) is 26.1 Å². The highest BCUT2D eigenvalue weighted by atomic mass is 16.5. The summed E-state index contributed by atoms with van der Waals surface area (Å²) >= 11 is 0. The van der Waals surface area contributed by atoms with Crippen LogP contribution in [0.5, 0.6) is 0 Å². The smallest absolute Gasteiger partial charge is 0.0464 e. The SMILES string of the molecule is COCCC(C)C1CCCCC1CNC(C)C. The molecule has 3 atom stereocenters. The maximum atomic E-state index is 5.22. The van der Waals surface area contributed by atoms with Crippen molar-refractivity contribution in [2.24, 2.45) is 17.8 Å². The summed E-state index contributed by atoms with van der Waals surface area (Å²) < 4.78 is 5.22. The van der Waals surface area contributed by atoms with Crippen molar-refractivity contribution in [1.29, 1.82) is 0 Å². The van der Waals surface area contributed by atoms with Crippen LogP contribution in [0.4, 0.5) is 0 Å². The average Bonchev–Trinajstić information content (AvgIpc) is 2.33. The molecule has 0 spiro atoms. The summed E-state index contributed by atoms with van der Waals surface area (Å²) in [6.07, 6.45) is 6.93. The molecular weight excluding hydrogens is 210 g/mol. The second kappa shape index (κ2) is 8.10. The first-order valence-electron chi connectivity index (χ1n) is 7.37. The molecule has 0 bridgehead atoms. The Kier molecular flexibility index (Phi) is 7.14. The summed E-state index contributed by atoms with van der Waals surface area (Å²) in [4.78, 5) is 0.